The molecule has 1 aromatic heterocycles. The fourth-order valence-electron chi connectivity index (χ4n) is 3.31. The van der Waals surface area contributed by atoms with Gasteiger partial charge in [0.25, 0.3) is 0 Å². The molecule has 1 saturated heterocycles. The summed E-state index contributed by atoms with van der Waals surface area (Å²) in [6.07, 6.45) is 1.58. The molecule has 0 spiro atoms. The number of carbonyl (C=O) groups is 3. The molecule has 3 rings (SSSR count). The second-order valence-corrected chi connectivity index (χ2v) is 8.71. The number of amides is 2. The Kier molecular flexibility index (Phi) is 6.79. The average Bonchev–Trinajstić information content (AvgIpc) is 3.14. The number of benzene rings is 1. The maximum Gasteiger partial charge on any atom is 0.228 e. The predicted octanol–water partition coefficient (Wildman–Crippen LogP) is 3.71. The summed E-state index contributed by atoms with van der Waals surface area (Å²) in [5, 5.41) is 5.09. The number of carbonyl (C=O) groups excluding carboxylic acids is 3. The van der Waals surface area contributed by atoms with Gasteiger partial charge >= 0.3 is 0 Å². The number of rotatable bonds is 6. The van der Waals surface area contributed by atoms with E-state index in [1.165, 1.54) is 11.3 Å². The summed E-state index contributed by atoms with van der Waals surface area (Å²) in [4.78, 5) is 43.2. The monoisotopic (exact) mass is 413 g/mol. The molecule has 29 heavy (non-hydrogen) atoms. The maximum absolute atomic E-state index is 12.7. The molecule has 1 aliphatic rings. The lowest BCUT2D eigenvalue weighted by atomic mass is 9.88. The van der Waals surface area contributed by atoms with Gasteiger partial charge in [-0.2, -0.15) is 0 Å². The number of anilines is 1. The first-order valence-corrected chi connectivity index (χ1v) is 10.9. The Bertz CT molecular complexity index is 881. The number of nitrogens with one attached hydrogen (secondary N) is 1. The van der Waals surface area contributed by atoms with E-state index >= 15 is 0 Å². The van der Waals surface area contributed by atoms with Gasteiger partial charge in [-0.05, 0) is 19.8 Å². The van der Waals surface area contributed by atoms with E-state index in [1.807, 2.05) is 55.3 Å². The van der Waals surface area contributed by atoms with E-state index in [4.69, 9.17) is 0 Å². The lowest BCUT2D eigenvalue weighted by Crippen LogP contribution is -2.41. The molecule has 0 aliphatic carbocycles. The molecule has 1 aromatic carbocycles. The van der Waals surface area contributed by atoms with Gasteiger partial charge in [0.15, 0.2) is 10.9 Å². The van der Waals surface area contributed by atoms with Crippen LogP contribution in [0.25, 0.3) is 0 Å². The molecule has 154 valence electrons. The van der Waals surface area contributed by atoms with Gasteiger partial charge < -0.3 is 10.2 Å². The maximum atomic E-state index is 12.7. The molecular formula is C22H27N3O3S. The van der Waals surface area contributed by atoms with Crippen molar-refractivity contribution in [2.45, 2.75) is 40.0 Å². The first-order chi connectivity index (χ1) is 13.8. The number of aromatic nitrogens is 1. The van der Waals surface area contributed by atoms with Gasteiger partial charge in [0.2, 0.25) is 11.8 Å². The van der Waals surface area contributed by atoms with Crippen molar-refractivity contribution in [1.29, 1.82) is 0 Å². The summed E-state index contributed by atoms with van der Waals surface area (Å²) in [5.41, 5.74) is 2.55. The molecule has 0 unspecified atom stereocenters. The van der Waals surface area contributed by atoms with Crippen LogP contribution in [0, 0.1) is 18.8 Å². The molecule has 1 aliphatic heterocycles. The summed E-state index contributed by atoms with van der Waals surface area (Å²) in [6.45, 7) is 6.81. The number of hydrogen-bond donors (Lipinski definition) is 1. The van der Waals surface area contributed by atoms with Crippen molar-refractivity contribution < 1.29 is 14.4 Å². The minimum atomic E-state index is -0.118. The Labute approximate surface area is 175 Å². The number of nitrogens with zero attached hydrogens (tertiary/aromatic N) is 2. The van der Waals surface area contributed by atoms with Gasteiger partial charge in [0.05, 0.1) is 12.1 Å². The third-order valence-corrected chi connectivity index (χ3v) is 6.00. The Morgan fingerprint density at radius 1 is 1.17 bits per heavy atom. The van der Waals surface area contributed by atoms with E-state index < -0.39 is 0 Å². The number of ketones is 1. The van der Waals surface area contributed by atoms with Crippen LogP contribution in [0.4, 0.5) is 5.13 Å². The molecule has 2 aromatic rings. The van der Waals surface area contributed by atoms with Crippen molar-refractivity contribution in [3.63, 3.8) is 0 Å². The van der Waals surface area contributed by atoms with E-state index in [0.29, 0.717) is 36.8 Å². The SMILES string of the molecule is Cc1ccc(C(=O)C2CCN(C(=O)Cc3csc(NC(=O)C(C)C)n3)CC2)cc1. The third-order valence-electron chi connectivity index (χ3n) is 5.19. The lowest BCUT2D eigenvalue weighted by molar-refractivity contribution is -0.131. The number of piperidine rings is 1. The Morgan fingerprint density at radius 3 is 2.45 bits per heavy atom. The molecular weight excluding hydrogens is 386 g/mol. The molecule has 6 nitrogen and oxygen atoms in total. The molecule has 7 heteroatoms. The van der Waals surface area contributed by atoms with E-state index in [0.717, 1.165) is 11.1 Å². The summed E-state index contributed by atoms with van der Waals surface area (Å²) in [7, 11) is 0. The van der Waals surface area contributed by atoms with Crippen molar-refractivity contribution in [1.82, 2.24) is 9.88 Å². The highest BCUT2D eigenvalue weighted by Crippen LogP contribution is 2.23. The van der Waals surface area contributed by atoms with Crippen LogP contribution in [-0.2, 0) is 16.0 Å². The molecule has 0 bridgehead atoms. The van der Waals surface area contributed by atoms with Gasteiger partial charge in [-0.25, -0.2) is 4.98 Å². The van der Waals surface area contributed by atoms with Crippen LogP contribution in [0.3, 0.4) is 0 Å². The number of likely N-dealkylation sites (tertiary alicyclic amines) is 1. The van der Waals surface area contributed by atoms with Crippen LogP contribution in [-0.4, -0.2) is 40.6 Å². The fraction of sp³-hybridized carbons (Fsp3) is 0.455. The van der Waals surface area contributed by atoms with Crippen molar-refractivity contribution in [2.24, 2.45) is 11.8 Å². The molecule has 2 amide bonds. The van der Waals surface area contributed by atoms with Crippen LogP contribution < -0.4 is 5.32 Å². The average molecular weight is 414 g/mol. The topological polar surface area (TPSA) is 79.4 Å². The molecule has 0 radical (unpaired) electrons. The minimum absolute atomic E-state index is 0.0123. The van der Waals surface area contributed by atoms with E-state index in [1.54, 1.807) is 0 Å². The lowest BCUT2D eigenvalue weighted by Gasteiger charge is -2.31. The first-order valence-electron chi connectivity index (χ1n) is 9.97. The summed E-state index contributed by atoms with van der Waals surface area (Å²) in [5.74, 6) is -0.0512. The summed E-state index contributed by atoms with van der Waals surface area (Å²) >= 11 is 1.33. The Balaban J connectivity index is 1.50. The van der Waals surface area contributed by atoms with Gasteiger partial charge in [0.1, 0.15) is 0 Å². The zero-order valence-electron chi connectivity index (χ0n) is 17.1. The number of hydrogen-bond acceptors (Lipinski definition) is 5. The number of Topliss-reactive ketones (excluding diaryl/α,β-unsaturated/α-hetero) is 1. The second-order valence-electron chi connectivity index (χ2n) is 7.85. The molecule has 1 N–H and O–H groups in total. The molecule has 2 heterocycles. The first kappa shape index (κ1) is 21.2. The van der Waals surface area contributed by atoms with Gasteiger partial charge in [-0.3, -0.25) is 14.4 Å². The van der Waals surface area contributed by atoms with Gasteiger partial charge in [0, 0.05) is 35.9 Å². The van der Waals surface area contributed by atoms with Crippen LogP contribution in [0.2, 0.25) is 0 Å². The van der Waals surface area contributed by atoms with E-state index in [-0.39, 0.29) is 35.9 Å². The Morgan fingerprint density at radius 2 is 1.83 bits per heavy atom. The summed E-state index contributed by atoms with van der Waals surface area (Å²) < 4.78 is 0. The third kappa shape index (κ3) is 5.50. The van der Waals surface area contributed by atoms with Crippen molar-refractivity contribution in [2.75, 3.05) is 18.4 Å². The fourth-order valence-corrected chi connectivity index (χ4v) is 4.02. The normalized spacial score (nSPS) is 14.8. The standard InChI is InChI=1S/C22H27N3O3S/c1-14(2)21(28)24-22-23-18(13-29-22)12-19(26)25-10-8-17(9-11-25)20(27)16-6-4-15(3)5-7-16/h4-7,13-14,17H,8-12H2,1-3H3,(H,23,24,28). The van der Waals surface area contributed by atoms with E-state index in [2.05, 4.69) is 10.3 Å². The number of thiazole rings is 1. The molecule has 0 atom stereocenters. The highest BCUT2D eigenvalue weighted by Gasteiger charge is 2.28. The summed E-state index contributed by atoms with van der Waals surface area (Å²) in [6, 6.07) is 7.68. The Hall–Kier alpha value is -2.54. The van der Waals surface area contributed by atoms with Crippen molar-refractivity contribution in [3.05, 3.63) is 46.5 Å². The zero-order valence-corrected chi connectivity index (χ0v) is 17.9. The molecule has 1 fully saturated rings. The zero-order chi connectivity index (χ0) is 21.0. The highest BCUT2D eigenvalue weighted by atomic mass is 32.1. The van der Waals surface area contributed by atoms with E-state index in [9.17, 15) is 14.4 Å². The van der Waals surface area contributed by atoms with Gasteiger partial charge in [-0.1, -0.05) is 43.7 Å². The van der Waals surface area contributed by atoms with Crippen molar-refractivity contribution >= 4 is 34.1 Å². The largest absolute Gasteiger partial charge is 0.342 e. The second kappa shape index (κ2) is 9.31. The predicted molar refractivity (Wildman–Crippen MR) is 114 cm³/mol. The van der Waals surface area contributed by atoms with Crippen molar-refractivity contribution in [3.8, 4) is 0 Å². The van der Waals surface area contributed by atoms with Crippen LogP contribution in [0.1, 0.15) is 48.3 Å². The minimum Gasteiger partial charge on any atom is -0.342 e. The van der Waals surface area contributed by atoms with Crippen LogP contribution >= 0.6 is 11.3 Å². The van der Waals surface area contributed by atoms with Crippen LogP contribution in [0.5, 0.6) is 0 Å². The van der Waals surface area contributed by atoms with Gasteiger partial charge in [-0.15, -0.1) is 11.3 Å². The quantitative estimate of drug-likeness (QED) is 0.732. The number of aryl methyl sites for hydroxylation is 1. The smallest absolute Gasteiger partial charge is 0.228 e. The molecule has 0 saturated carbocycles. The highest BCUT2D eigenvalue weighted by molar-refractivity contribution is 7.13. The van der Waals surface area contributed by atoms with Crippen LogP contribution in [0.15, 0.2) is 29.6 Å².